The predicted octanol–water partition coefficient (Wildman–Crippen LogP) is 4.75. The van der Waals surface area contributed by atoms with E-state index in [1.54, 1.807) is 54.6 Å². The number of hydrogen-bond acceptors (Lipinski definition) is 5. The number of hydrogen-bond donors (Lipinski definition) is 3. The van der Waals surface area contributed by atoms with Gasteiger partial charge in [0.15, 0.2) is 0 Å². The van der Waals surface area contributed by atoms with E-state index in [9.17, 15) is 9.59 Å². The van der Waals surface area contributed by atoms with Gasteiger partial charge >= 0.3 is 0 Å². The molecule has 38 heavy (non-hydrogen) atoms. The largest absolute Gasteiger partial charge is 0.494 e. The third-order valence-corrected chi connectivity index (χ3v) is 5.54. The van der Waals surface area contributed by atoms with Gasteiger partial charge < -0.3 is 25.2 Å². The van der Waals surface area contributed by atoms with Gasteiger partial charge in [-0.1, -0.05) is 42.5 Å². The molecule has 0 aliphatic heterocycles. The Morgan fingerprint density at radius 3 is 2.24 bits per heavy atom. The Hall–Kier alpha value is -4.10. The fourth-order valence-corrected chi connectivity index (χ4v) is 3.67. The van der Waals surface area contributed by atoms with Gasteiger partial charge in [0.05, 0.1) is 19.3 Å². The number of aliphatic hydroxyl groups excluding tert-OH is 1. The molecular formula is C31H36N2O5. The van der Waals surface area contributed by atoms with Gasteiger partial charge in [0.1, 0.15) is 17.2 Å². The summed E-state index contributed by atoms with van der Waals surface area (Å²) in [5.74, 6) is 0.474. The highest BCUT2D eigenvalue weighted by Gasteiger charge is 2.15. The van der Waals surface area contributed by atoms with E-state index in [0.717, 1.165) is 19.3 Å². The number of nitrogens with one attached hydrogen (secondary N) is 2. The van der Waals surface area contributed by atoms with Crippen LogP contribution in [0.1, 0.15) is 48.2 Å². The van der Waals surface area contributed by atoms with Crippen LogP contribution in [0.25, 0.3) is 6.08 Å². The van der Waals surface area contributed by atoms with Crippen LogP contribution in [0, 0.1) is 0 Å². The van der Waals surface area contributed by atoms with Gasteiger partial charge in [0, 0.05) is 12.1 Å². The first-order valence-electron chi connectivity index (χ1n) is 12.9. The third-order valence-electron chi connectivity index (χ3n) is 5.54. The van der Waals surface area contributed by atoms with Crippen LogP contribution >= 0.6 is 0 Å². The molecule has 7 nitrogen and oxygen atoms in total. The molecule has 0 bridgehead atoms. The Morgan fingerprint density at radius 2 is 1.58 bits per heavy atom. The maximum atomic E-state index is 12.9. The van der Waals surface area contributed by atoms with Gasteiger partial charge in [-0.05, 0) is 86.7 Å². The minimum absolute atomic E-state index is 0.0481. The molecular weight excluding hydrogens is 480 g/mol. The minimum Gasteiger partial charge on any atom is -0.494 e. The van der Waals surface area contributed by atoms with Gasteiger partial charge in [-0.15, -0.1) is 0 Å². The van der Waals surface area contributed by atoms with E-state index in [1.807, 2.05) is 32.0 Å². The van der Waals surface area contributed by atoms with Crippen molar-refractivity contribution in [2.45, 2.75) is 39.2 Å². The molecule has 0 aromatic heterocycles. The SMILES string of the molecule is CC(C)Oc1ccc(/C=C(\NC(=O)c2ccc(OCCCCc3ccccc3)cc2)C(=O)NCCO)cc1. The van der Waals surface area contributed by atoms with Crippen LogP contribution in [0.5, 0.6) is 11.5 Å². The van der Waals surface area contributed by atoms with Crippen LogP contribution < -0.4 is 20.1 Å². The normalized spacial score (nSPS) is 11.2. The number of amides is 2. The van der Waals surface area contributed by atoms with Crippen molar-refractivity contribution in [3.8, 4) is 11.5 Å². The summed E-state index contributed by atoms with van der Waals surface area (Å²) in [4.78, 5) is 25.6. The molecule has 0 radical (unpaired) electrons. The van der Waals surface area contributed by atoms with Crippen molar-refractivity contribution in [2.75, 3.05) is 19.8 Å². The Morgan fingerprint density at radius 1 is 0.895 bits per heavy atom. The number of carbonyl (C=O) groups excluding carboxylic acids is 2. The van der Waals surface area contributed by atoms with Gasteiger partial charge in [-0.3, -0.25) is 9.59 Å². The monoisotopic (exact) mass is 516 g/mol. The van der Waals surface area contributed by atoms with Crippen molar-refractivity contribution in [1.82, 2.24) is 10.6 Å². The second-order valence-electron chi connectivity index (χ2n) is 9.04. The summed E-state index contributed by atoms with van der Waals surface area (Å²) in [6.07, 6.45) is 4.61. The van der Waals surface area contributed by atoms with E-state index >= 15 is 0 Å². The number of benzene rings is 3. The van der Waals surface area contributed by atoms with Crippen LogP contribution in [-0.2, 0) is 11.2 Å². The Balaban J connectivity index is 1.57. The Bertz CT molecular complexity index is 1170. The molecule has 0 saturated carbocycles. The summed E-state index contributed by atoms with van der Waals surface area (Å²) < 4.78 is 11.5. The lowest BCUT2D eigenvalue weighted by atomic mass is 10.1. The van der Waals surface area contributed by atoms with Gasteiger partial charge in [0.2, 0.25) is 0 Å². The summed E-state index contributed by atoms with van der Waals surface area (Å²) in [6, 6.07) is 24.4. The number of aryl methyl sites for hydroxylation is 1. The van der Waals surface area contributed by atoms with Crippen molar-refractivity contribution in [2.24, 2.45) is 0 Å². The van der Waals surface area contributed by atoms with Crippen LogP contribution in [0.4, 0.5) is 0 Å². The molecule has 0 heterocycles. The lowest BCUT2D eigenvalue weighted by Gasteiger charge is -2.12. The minimum atomic E-state index is -0.495. The fourth-order valence-electron chi connectivity index (χ4n) is 3.67. The first kappa shape index (κ1) is 28.5. The molecule has 0 saturated heterocycles. The molecule has 7 heteroatoms. The highest BCUT2D eigenvalue weighted by atomic mass is 16.5. The van der Waals surface area contributed by atoms with Crippen LogP contribution in [0.3, 0.4) is 0 Å². The van der Waals surface area contributed by atoms with Crippen LogP contribution in [0.2, 0.25) is 0 Å². The van der Waals surface area contributed by atoms with Gasteiger partial charge in [0.25, 0.3) is 11.8 Å². The zero-order valence-electron chi connectivity index (χ0n) is 22.0. The second kappa shape index (κ2) is 15.2. The quantitative estimate of drug-likeness (QED) is 0.212. The Labute approximate surface area is 224 Å². The molecule has 200 valence electrons. The topological polar surface area (TPSA) is 96.9 Å². The van der Waals surface area contributed by atoms with E-state index in [-0.39, 0.29) is 25.0 Å². The first-order chi connectivity index (χ1) is 18.4. The average Bonchev–Trinajstić information content (AvgIpc) is 2.92. The molecule has 3 aromatic rings. The molecule has 2 amide bonds. The van der Waals surface area contributed by atoms with Crippen molar-refractivity contribution in [3.63, 3.8) is 0 Å². The maximum absolute atomic E-state index is 12.9. The molecule has 3 aromatic carbocycles. The number of unbranched alkanes of at least 4 members (excludes halogenated alkanes) is 1. The van der Waals surface area contributed by atoms with E-state index in [4.69, 9.17) is 14.6 Å². The summed E-state index contributed by atoms with van der Waals surface area (Å²) in [6.45, 7) is 4.35. The predicted molar refractivity (Wildman–Crippen MR) is 149 cm³/mol. The average molecular weight is 517 g/mol. The molecule has 0 atom stereocenters. The Kier molecular flexibility index (Phi) is 11.4. The smallest absolute Gasteiger partial charge is 0.267 e. The molecule has 3 N–H and O–H groups in total. The van der Waals surface area contributed by atoms with Gasteiger partial charge in [-0.2, -0.15) is 0 Å². The van der Waals surface area contributed by atoms with E-state index < -0.39 is 11.8 Å². The zero-order valence-corrected chi connectivity index (χ0v) is 22.0. The van der Waals surface area contributed by atoms with E-state index in [0.29, 0.717) is 29.2 Å². The number of rotatable bonds is 14. The van der Waals surface area contributed by atoms with Crippen molar-refractivity contribution >= 4 is 17.9 Å². The maximum Gasteiger partial charge on any atom is 0.267 e. The fraction of sp³-hybridized carbons (Fsp3) is 0.290. The molecule has 3 rings (SSSR count). The molecule has 0 fully saturated rings. The van der Waals surface area contributed by atoms with Crippen molar-refractivity contribution in [1.29, 1.82) is 0 Å². The summed E-state index contributed by atoms with van der Waals surface area (Å²) in [5, 5.41) is 14.3. The zero-order chi connectivity index (χ0) is 27.2. The summed E-state index contributed by atoms with van der Waals surface area (Å²) in [7, 11) is 0. The van der Waals surface area contributed by atoms with E-state index in [1.165, 1.54) is 5.56 Å². The van der Waals surface area contributed by atoms with Crippen molar-refractivity contribution in [3.05, 3.63) is 101 Å². The van der Waals surface area contributed by atoms with Crippen LogP contribution in [-0.4, -0.2) is 42.8 Å². The number of carbonyl (C=O) groups is 2. The lowest BCUT2D eigenvalue weighted by Crippen LogP contribution is -2.36. The molecule has 0 aliphatic carbocycles. The highest BCUT2D eigenvalue weighted by molar-refractivity contribution is 6.05. The number of aliphatic hydroxyl groups is 1. The van der Waals surface area contributed by atoms with Gasteiger partial charge in [-0.25, -0.2) is 0 Å². The number of ether oxygens (including phenoxy) is 2. The standard InChI is InChI=1S/C31H36N2O5/c1-23(2)38-28-15-11-25(12-16-28)22-29(31(36)32-19-20-34)33-30(35)26-13-17-27(18-14-26)37-21-7-6-10-24-8-4-3-5-9-24/h3-5,8-9,11-18,22-23,34H,6-7,10,19-21H2,1-2H3,(H,32,36)(H,33,35)/b29-22-. The van der Waals surface area contributed by atoms with E-state index in [2.05, 4.69) is 22.8 Å². The summed E-state index contributed by atoms with van der Waals surface area (Å²) in [5.41, 5.74) is 2.49. The first-order valence-corrected chi connectivity index (χ1v) is 12.9. The van der Waals surface area contributed by atoms with Crippen molar-refractivity contribution < 1.29 is 24.2 Å². The second-order valence-corrected chi connectivity index (χ2v) is 9.04. The molecule has 0 aliphatic rings. The van der Waals surface area contributed by atoms with Crippen LogP contribution in [0.15, 0.2) is 84.6 Å². The third kappa shape index (κ3) is 9.75. The highest BCUT2D eigenvalue weighted by Crippen LogP contribution is 2.17. The molecule has 0 unspecified atom stereocenters. The summed E-state index contributed by atoms with van der Waals surface area (Å²) >= 11 is 0. The lowest BCUT2D eigenvalue weighted by molar-refractivity contribution is -0.117. The molecule has 0 spiro atoms.